The summed E-state index contributed by atoms with van der Waals surface area (Å²) in [5.74, 6) is -0.0527. The first-order valence-corrected chi connectivity index (χ1v) is 7.83. The Morgan fingerprint density at radius 3 is 2.60 bits per heavy atom. The van der Waals surface area contributed by atoms with Crippen LogP contribution < -0.4 is 4.74 Å². The molecule has 0 aliphatic carbocycles. The predicted molar refractivity (Wildman–Crippen MR) is 91.9 cm³/mol. The lowest BCUT2D eigenvalue weighted by molar-refractivity contribution is -0.132. The minimum absolute atomic E-state index is 0.102. The maximum atomic E-state index is 12.8. The van der Waals surface area contributed by atoms with E-state index in [0.29, 0.717) is 12.3 Å². The van der Waals surface area contributed by atoms with E-state index in [1.807, 2.05) is 36.5 Å². The predicted octanol–water partition coefficient (Wildman–Crippen LogP) is 3.05. The molecule has 0 saturated carbocycles. The van der Waals surface area contributed by atoms with Crippen LogP contribution in [0.1, 0.15) is 5.56 Å². The lowest BCUT2D eigenvalue weighted by Crippen LogP contribution is -2.30. The molecule has 128 valence electrons. The van der Waals surface area contributed by atoms with Gasteiger partial charge in [0.2, 0.25) is 0 Å². The van der Waals surface area contributed by atoms with Gasteiger partial charge < -0.3 is 9.64 Å². The number of halogens is 1. The molecule has 0 radical (unpaired) electrons. The first kappa shape index (κ1) is 16.7. The summed E-state index contributed by atoms with van der Waals surface area (Å²) in [6.07, 6.45) is 3.62. The standard InChI is InChI=1S/C19H18FN3O2/c1-22(19(24)14-25-18-9-7-16(20)8-10-18)12-15-11-21-23(13-15)17-5-3-2-4-6-17/h2-11,13H,12,14H2,1H3. The number of nitrogens with zero attached hydrogens (tertiary/aromatic N) is 3. The Morgan fingerprint density at radius 1 is 1.16 bits per heavy atom. The molecule has 0 saturated heterocycles. The van der Waals surface area contributed by atoms with E-state index in [0.717, 1.165) is 11.3 Å². The Kier molecular flexibility index (Phi) is 5.09. The molecule has 2 aromatic carbocycles. The number of aromatic nitrogens is 2. The number of amides is 1. The van der Waals surface area contributed by atoms with Crippen molar-refractivity contribution in [3.05, 3.63) is 78.4 Å². The van der Waals surface area contributed by atoms with Gasteiger partial charge in [-0.3, -0.25) is 4.79 Å². The topological polar surface area (TPSA) is 47.4 Å². The van der Waals surface area contributed by atoms with Gasteiger partial charge in [-0.1, -0.05) is 18.2 Å². The largest absolute Gasteiger partial charge is 0.484 e. The van der Waals surface area contributed by atoms with Crippen LogP contribution in [0.4, 0.5) is 4.39 Å². The van der Waals surface area contributed by atoms with Crippen LogP contribution in [0.25, 0.3) is 5.69 Å². The van der Waals surface area contributed by atoms with Crippen molar-refractivity contribution in [3.63, 3.8) is 0 Å². The maximum Gasteiger partial charge on any atom is 0.260 e. The number of para-hydroxylation sites is 1. The number of rotatable bonds is 6. The third-order valence-electron chi connectivity index (χ3n) is 3.68. The normalized spacial score (nSPS) is 10.5. The van der Waals surface area contributed by atoms with Gasteiger partial charge in [0.15, 0.2) is 6.61 Å². The molecule has 0 fully saturated rings. The van der Waals surface area contributed by atoms with Gasteiger partial charge in [-0.25, -0.2) is 9.07 Å². The molecule has 0 aliphatic rings. The molecule has 6 heteroatoms. The van der Waals surface area contributed by atoms with E-state index in [-0.39, 0.29) is 18.3 Å². The molecule has 0 aliphatic heterocycles. The Hall–Kier alpha value is -3.15. The fourth-order valence-corrected chi connectivity index (χ4v) is 2.31. The van der Waals surface area contributed by atoms with Gasteiger partial charge in [0.1, 0.15) is 11.6 Å². The molecule has 0 spiro atoms. The molecule has 0 bridgehead atoms. The van der Waals surface area contributed by atoms with E-state index in [4.69, 9.17) is 4.74 Å². The summed E-state index contributed by atoms with van der Waals surface area (Å²) in [6.45, 7) is 0.327. The van der Waals surface area contributed by atoms with Crippen LogP contribution in [0, 0.1) is 5.82 Å². The van der Waals surface area contributed by atoms with Crippen LogP contribution in [-0.4, -0.2) is 34.2 Å². The summed E-state index contributed by atoms with van der Waals surface area (Å²) in [6, 6.07) is 15.3. The second-order valence-electron chi connectivity index (χ2n) is 5.62. The molecule has 0 atom stereocenters. The quantitative estimate of drug-likeness (QED) is 0.693. The van der Waals surface area contributed by atoms with Gasteiger partial charge in [0.05, 0.1) is 11.9 Å². The fraction of sp³-hybridized carbons (Fsp3) is 0.158. The van der Waals surface area contributed by atoms with Crippen LogP contribution in [-0.2, 0) is 11.3 Å². The highest BCUT2D eigenvalue weighted by Crippen LogP contribution is 2.12. The monoisotopic (exact) mass is 339 g/mol. The average molecular weight is 339 g/mol. The van der Waals surface area contributed by atoms with E-state index in [9.17, 15) is 9.18 Å². The molecule has 0 unspecified atom stereocenters. The van der Waals surface area contributed by atoms with Crippen LogP contribution >= 0.6 is 0 Å². The van der Waals surface area contributed by atoms with Crippen LogP contribution in [0.2, 0.25) is 0 Å². The number of carbonyl (C=O) groups is 1. The van der Waals surface area contributed by atoms with E-state index in [1.165, 1.54) is 24.3 Å². The Morgan fingerprint density at radius 2 is 1.88 bits per heavy atom. The summed E-state index contributed by atoms with van der Waals surface area (Å²) in [4.78, 5) is 13.7. The van der Waals surface area contributed by atoms with E-state index < -0.39 is 0 Å². The molecule has 1 heterocycles. The van der Waals surface area contributed by atoms with E-state index in [1.54, 1.807) is 22.8 Å². The second kappa shape index (κ2) is 7.61. The van der Waals surface area contributed by atoms with Crippen molar-refractivity contribution in [2.45, 2.75) is 6.54 Å². The molecular weight excluding hydrogens is 321 g/mol. The van der Waals surface area contributed by atoms with Crippen molar-refractivity contribution < 1.29 is 13.9 Å². The smallest absolute Gasteiger partial charge is 0.260 e. The Bertz CT molecular complexity index is 831. The maximum absolute atomic E-state index is 12.8. The summed E-state index contributed by atoms with van der Waals surface area (Å²) in [7, 11) is 1.70. The van der Waals surface area contributed by atoms with Crippen LogP contribution in [0.3, 0.4) is 0 Å². The summed E-state index contributed by atoms with van der Waals surface area (Å²) in [5, 5.41) is 4.31. The summed E-state index contributed by atoms with van der Waals surface area (Å²) in [5.41, 5.74) is 1.88. The Balaban J connectivity index is 1.54. The van der Waals surface area contributed by atoms with Gasteiger partial charge in [-0.05, 0) is 36.4 Å². The van der Waals surface area contributed by atoms with Gasteiger partial charge >= 0.3 is 0 Å². The minimum atomic E-state index is -0.341. The summed E-state index contributed by atoms with van der Waals surface area (Å²) >= 11 is 0. The van der Waals surface area contributed by atoms with Crippen molar-refractivity contribution in [2.75, 3.05) is 13.7 Å². The van der Waals surface area contributed by atoms with Crippen molar-refractivity contribution in [1.29, 1.82) is 0 Å². The SMILES string of the molecule is CN(Cc1cnn(-c2ccccc2)c1)C(=O)COc1ccc(F)cc1. The van der Waals surface area contributed by atoms with Crippen molar-refractivity contribution in [2.24, 2.45) is 0 Å². The molecular formula is C19H18FN3O2. The highest BCUT2D eigenvalue weighted by molar-refractivity contribution is 5.77. The number of hydrogen-bond donors (Lipinski definition) is 0. The Labute approximate surface area is 145 Å². The van der Waals surface area contributed by atoms with Crippen molar-refractivity contribution in [1.82, 2.24) is 14.7 Å². The van der Waals surface area contributed by atoms with Crippen LogP contribution in [0.5, 0.6) is 5.75 Å². The van der Waals surface area contributed by atoms with Crippen LogP contribution in [0.15, 0.2) is 67.0 Å². The van der Waals surface area contributed by atoms with E-state index in [2.05, 4.69) is 5.10 Å². The lowest BCUT2D eigenvalue weighted by Gasteiger charge is -2.16. The zero-order valence-electron chi connectivity index (χ0n) is 13.8. The lowest BCUT2D eigenvalue weighted by atomic mass is 10.3. The minimum Gasteiger partial charge on any atom is -0.484 e. The third-order valence-corrected chi connectivity index (χ3v) is 3.68. The van der Waals surface area contributed by atoms with Gasteiger partial charge in [-0.15, -0.1) is 0 Å². The molecule has 1 aromatic heterocycles. The van der Waals surface area contributed by atoms with Crippen molar-refractivity contribution in [3.8, 4) is 11.4 Å². The highest BCUT2D eigenvalue weighted by Gasteiger charge is 2.12. The second-order valence-corrected chi connectivity index (χ2v) is 5.62. The first-order chi connectivity index (χ1) is 12.1. The van der Waals surface area contributed by atoms with Gasteiger partial charge in [-0.2, -0.15) is 5.10 Å². The molecule has 25 heavy (non-hydrogen) atoms. The third kappa shape index (κ3) is 4.44. The van der Waals surface area contributed by atoms with Gasteiger partial charge in [0, 0.05) is 25.4 Å². The molecule has 3 aromatic rings. The molecule has 1 amide bonds. The van der Waals surface area contributed by atoms with Gasteiger partial charge in [0.25, 0.3) is 5.91 Å². The number of hydrogen-bond acceptors (Lipinski definition) is 3. The zero-order chi connectivity index (χ0) is 17.6. The molecule has 3 rings (SSSR count). The number of likely N-dealkylation sites (N-methyl/N-ethyl adjacent to an activating group) is 1. The fourth-order valence-electron chi connectivity index (χ4n) is 2.31. The first-order valence-electron chi connectivity index (χ1n) is 7.83. The average Bonchev–Trinajstić information content (AvgIpc) is 3.10. The number of benzene rings is 2. The number of carbonyl (C=O) groups excluding carboxylic acids is 1. The highest BCUT2D eigenvalue weighted by atomic mass is 19.1. The van der Waals surface area contributed by atoms with E-state index >= 15 is 0 Å². The molecule has 5 nitrogen and oxygen atoms in total. The van der Waals surface area contributed by atoms with Crippen molar-refractivity contribution >= 4 is 5.91 Å². The molecule has 0 N–H and O–H groups in total. The zero-order valence-corrected chi connectivity index (χ0v) is 13.8. The number of ether oxygens (including phenoxy) is 1. The summed E-state index contributed by atoms with van der Waals surface area (Å²) < 4.78 is 20.0.